The van der Waals surface area contributed by atoms with Gasteiger partial charge in [0.1, 0.15) is 17.5 Å². The van der Waals surface area contributed by atoms with Crippen LogP contribution in [0, 0.1) is 5.92 Å². The van der Waals surface area contributed by atoms with Crippen LogP contribution < -0.4 is 20.1 Å². The maximum atomic E-state index is 12.6. The fourth-order valence-corrected chi connectivity index (χ4v) is 2.83. The van der Waals surface area contributed by atoms with E-state index < -0.39 is 6.04 Å². The molecule has 2 N–H and O–H groups in total. The largest absolute Gasteiger partial charge is 0.497 e. The molecule has 0 radical (unpaired) electrons. The summed E-state index contributed by atoms with van der Waals surface area (Å²) in [5.41, 5.74) is 0.374. The summed E-state index contributed by atoms with van der Waals surface area (Å²) in [7, 11) is 3.04. The van der Waals surface area contributed by atoms with E-state index in [2.05, 4.69) is 10.6 Å². The Morgan fingerprint density at radius 2 is 1.85 bits per heavy atom. The lowest BCUT2D eigenvalue weighted by Crippen LogP contribution is -2.50. The third kappa shape index (κ3) is 5.36. The first-order chi connectivity index (χ1) is 12.4. The number of hydrogen-bond donors (Lipinski definition) is 2. The predicted octanol–water partition coefficient (Wildman–Crippen LogP) is 1.75. The molecule has 2 atom stereocenters. The van der Waals surface area contributed by atoms with E-state index in [1.807, 2.05) is 13.8 Å². The first-order valence-corrected chi connectivity index (χ1v) is 8.87. The minimum atomic E-state index is -0.638. The van der Waals surface area contributed by atoms with Gasteiger partial charge in [-0.3, -0.25) is 9.59 Å². The molecule has 7 heteroatoms. The first kappa shape index (κ1) is 20.0. The summed E-state index contributed by atoms with van der Waals surface area (Å²) in [5.74, 6) is 0.402. The van der Waals surface area contributed by atoms with Gasteiger partial charge in [-0.25, -0.2) is 0 Å². The van der Waals surface area contributed by atoms with Crippen LogP contribution in [0.3, 0.4) is 0 Å². The van der Waals surface area contributed by atoms with E-state index in [1.54, 1.807) is 18.2 Å². The lowest BCUT2D eigenvalue weighted by Gasteiger charge is -2.23. The number of benzene rings is 1. The highest BCUT2D eigenvalue weighted by atomic mass is 16.5. The van der Waals surface area contributed by atoms with Gasteiger partial charge in [0, 0.05) is 24.8 Å². The molecule has 1 aromatic rings. The van der Waals surface area contributed by atoms with E-state index in [1.165, 1.54) is 14.2 Å². The molecule has 0 saturated carbocycles. The molecule has 7 nitrogen and oxygen atoms in total. The highest BCUT2D eigenvalue weighted by molar-refractivity contribution is 5.98. The fourth-order valence-electron chi connectivity index (χ4n) is 2.83. The molecular weight excluding hydrogens is 336 g/mol. The SMILES string of the molecule is COc1cc(OC)cc(C(=O)NC(C(=O)NCC2CCCO2)C(C)C)c1. The van der Waals surface area contributed by atoms with Crippen molar-refractivity contribution in [3.05, 3.63) is 23.8 Å². The van der Waals surface area contributed by atoms with Crippen LogP contribution in [0.1, 0.15) is 37.0 Å². The topological polar surface area (TPSA) is 85.9 Å². The summed E-state index contributed by atoms with van der Waals surface area (Å²) < 4.78 is 15.9. The minimum absolute atomic E-state index is 0.0593. The lowest BCUT2D eigenvalue weighted by molar-refractivity contribution is -0.124. The number of carbonyl (C=O) groups is 2. The van der Waals surface area contributed by atoms with Gasteiger partial charge < -0.3 is 24.8 Å². The van der Waals surface area contributed by atoms with Crippen molar-refractivity contribution in [2.45, 2.75) is 38.8 Å². The molecule has 0 spiro atoms. The van der Waals surface area contributed by atoms with Crippen LogP contribution in [0.4, 0.5) is 0 Å². The van der Waals surface area contributed by atoms with Crippen molar-refractivity contribution >= 4 is 11.8 Å². The molecule has 26 heavy (non-hydrogen) atoms. The number of ether oxygens (including phenoxy) is 3. The number of amides is 2. The molecule has 1 aliphatic heterocycles. The van der Waals surface area contributed by atoms with Gasteiger partial charge in [0.2, 0.25) is 5.91 Å². The maximum absolute atomic E-state index is 12.6. The highest BCUT2D eigenvalue weighted by Gasteiger charge is 2.26. The quantitative estimate of drug-likeness (QED) is 0.734. The Balaban J connectivity index is 2.03. The van der Waals surface area contributed by atoms with Crippen LogP contribution >= 0.6 is 0 Å². The Labute approximate surface area is 154 Å². The van der Waals surface area contributed by atoms with Crippen molar-refractivity contribution in [1.82, 2.24) is 10.6 Å². The second-order valence-corrected chi connectivity index (χ2v) is 6.68. The molecule has 1 aromatic carbocycles. The van der Waals surface area contributed by atoms with Gasteiger partial charge in [0.25, 0.3) is 5.91 Å². The Hall–Kier alpha value is -2.28. The average Bonchev–Trinajstić information content (AvgIpc) is 3.16. The first-order valence-electron chi connectivity index (χ1n) is 8.87. The summed E-state index contributed by atoms with van der Waals surface area (Å²) in [6.07, 6.45) is 2.02. The predicted molar refractivity (Wildman–Crippen MR) is 97.6 cm³/mol. The van der Waals surface area contributed by atoms with Crippen LogP contribution in [-0.4, -0.2) is 51.3 Å². The van der Waals surface area contributed by atoms with Crippen LogP contribution in [0.25, 0.3) is 0 Å². The zero-order valence-electron chi connectivity index (χ0n) is 15.8. The molecule has 0 aromatic heterocycles. The van der Waals surface area contributed by atoms with Crippen molar-refractivity contribution in [3.8, 4) is 11.5 Å². The molecular formula is C19H28N2O5. The van der Waals surface area contributed by atoms with Gasteiger partial charge in [-0.15, -0.1) is 0 Å². The van der Waals surface area contributed by atoms with Crippen molar-refractivity contribution in [2.75, 3.05) is 27.4 Å². The summed E-state index contributed by atoms with van der Waals surface area (Å²) in [6, 6.07) is 4.27. The van der Waals surface area contributed by atoms with Gasteiger partial charge >= 0.3 is 0 Å². The zero-order valence-corrected chi connectivity index (χ0v) is 15.8. The minimum Gasteiger partial charge on any atom is -0.497 e. The normalized spacial score (nSPS) is 17.7. The molecule has 144 valence electrons. The molecule has 2 unspecified atom stereocenters. The van der Waals surface area contributed by atoms with Crippen LogP contribution in [0.2, 0.25) is 0 Å². The number of rotatable bonds is 8. The molecule has 2 rings (SSSR count). The van der Waals surface area contributed by atoms with Gasteiger partial charge in [-0.05, 0) is 30.9 Å². The van der Waals surface area contributed by atoms with E-state index in [0.717, 1.165) is 19.4 Å². The molecule has 0 bridgehead atoms. The van der Waals surface area contributed by atoms with Crippen molar-refractivity contribution < 1.29 is 23.8 Å². The van der Waals surface area contributed by atoms with Gasteiger partial charge in [-0.1, -0.05) is 13.8 Å². The monoisotopic (exact) mass is 364 g/mol. The Bertz CT molecular complexity index is 604. The van der Waals surface area contributed by atoms with E-state index in [9.17, 15) is 9.59 Å². The van der Waals surface area contributed by atoms with Crippen LogP contribution in [-0.2, 0) is 9.53 Å². The fraction of sp³-hybridized carbons (Fsp3) is 0.579. The number of methoxy groups -OCH3 is 2. The smallest absolute Gasteiger partial charge is 0.252 e. The Morgan fingerprint density at radius 1 is 1.19 bits per heavy atom. The summed E-state index contributed by atoms with van der Waals surface area (Å²) in [4.78, 5) is 25.2. The maximum Gasteiger partial charge on any atom is 0.252 e. The van der Waals surface area contributed by atoms with Crippen molar-refractivity contribution in [3.63, 3.8) is 0 Å². The standard InChI is InChI=1S/C19H28N2O5/c1-12(2)17(19(23)20-11-14-6-5-7-26-14)21-18(22)13-8-15(24-3)10-16(9-13)25-4/h8-10,12,14,17H,5-7,11H2,1-4H3,(H,20,23)(H,21,22). The lowest BCUT2D eigenvalue weighted by atomic mass is 10.0. The third-order valence-electron chi connectivity index (χ3n) is 4.38. The highest BCUT2D eigenvalue weighted by Crippen LogP contribution is 2.22. The Kier molecular flexibility index (Phi) is 7.26. The van der Waals surface area contributed by atoms with E-state index in [-0.39, 0.29) is 23.8 Å². The number of nitrogens with one attached hydrogen (secondary N) is 2. The van der Waals surface area contributed by atoms with E-state index >= 15 is 0 Å². The Morgan fingerprint density at radius 3 is 2.35 bits per heavy atom. The van der Waals surface area contributed by atoms with Gasteiger partial charge in [0.15, 0.2) is 0 Å². The van der Waals surface area contributed by atoms with Gasteiger partial charge in [-0.2, -0.15) is 0 Å². The number of hydrogen-bond acceptors (Lipinski definition) is 5. The summed E-state index contributed by atoms with van der Waals surface area (Å²) >= 11 is 0. The average molecular weight is 364 g/mol. The molecule has 0 aliphatic carbocycles. The summed E-state index contributed by atoms with van der Waals surface area (Å²) in [5, 5.41) is 5.69. The third-order valence-corrected chi connectivity index (χ3v) is 4.38. The van der Waals surface area contributed by atoms with Crippen molar-refractivity contribution in [1.29, 1.82) is 0 Å². The van der Waals surface area contributed by atoms with Crippen LogP contribution in [0.15, 0.2) is 18.2 Å². The summed E-state index contributed by atoms with van der Waals surface area (Å²) in [6.45, 7) is 4.99. The number of carbonyl (C=O) groups excluding carboxylic acids is 2. The zero-order chi connectivity index (χ0) is 19.1. The molecule has 2 amide bonds. The second kappa shape index (κ2) is 9.43. The molecule has 1 fully saturated rings. The molecule has 1 saturated heterocycles. The van der Waals surface area contributed by atoms with E-state index in [0.29, 0.717) is 23.6 Å². The van der Waals surface area contributed by atoms with Gasteiger partial charge in [0.05, 0.1) is 20.3 Å². The van der Waals surface area contributed by atoms with Crippen molar-refractivity contribution in [2.24, 2.45) is 5.92 Å². The molecule has 1 heterocycles. The van der Waals surface area contributed by atoms with E-state index in [4.69, 9.17) is 14.2 Å². The second-order valence-electron chi connectivity index (χ2n) is 6.68. The van der Waals surface area contributed by atoms with Crippen LogP contribution in [0.5, 0.6) is 11.5 Å². The molecule has 1 aliphatic rings.